The molecule has 1 N–H and O–H groups in total. The van der Waals surface area contributed by atoms with E-state index in [-0.39, 0.29) is 17.3 Å². The van der Waals surface area contributed by atoms with Gasteiger partial charge in [0.2, 0.25) is 11.8 Å². The fraction of sp³-hybridized carbons (Fsp3) is 0.310. The molecular weight excluding hydrogens is 566 g/mol. The second kappa shape index (κ2) is 13.6. The third kappa shape index (κ3) is 7.68. The van der Waals surface area contributed by atoms with Crippen molar-refractivity contribution in [2.24, 2.45) is 0 Å². The number of nitrogens with zero attached hydrogens (tertiary/aromatic N) is 2. The Kier molecular flexibility index (Phi) is 10.5. The van der Waals surface area contributed by atoms with Crippen molar-refractivity contribution in [2.45, 2.75) is 51.1 Å². The maximum absolute atomic E-state index is 13.9. The van der Waals surface area contributed by atoms with Gasteiger partial charge in [0, 0.05) is 17.6 Å². The summed E-state index contributed by atoms with van der Waals surface area (Å²) in [6, 6.07) is 21.6. The van der Waals surface area contributed by atoms with Crippen molar-refractivity contribution in [1.29, 1.82) is 0 Å². The summed E-state index contributed by atoms with van der Waals surface area (Å²) in [5, 5.41) is 2.89. The summed E-state index contributed by atoms with van der Waals surface area (Å²) in [5.41, 5.74) is 2.23. The number of amides is 2. The number of hydrogen-bond donors (Lipinski definition) is 1. The molecule has 202 valence electrons. The minimum absolute atomic E-state index is 0.0753. The lowest BCUT2D eigenvalue weighted by molar-refractivity contribution is -0.139. The summed E-state index contributed by atoms with van der Waals surface area (Å²) in [6.07, 6.45) is 1.76. The Morgan fingerprint density at radius 2 is 1.66 bits per heavy atom. The van der Waals surface area contributed by atoms with Crippen molar-refractivity contribution in [3.05, 3.63) is 94.5 Å². The van der Waals surface area contributed by atoms with Gasteiger partial charge in [0.25, 0.3) is 10.0 Å². The van der Waals surface area contributed by atoms with E-state index in [0.717, 1.165) is 32.7 Å². The quantitative estimate of drug-likeness (QED) is 0.287. The monoisotopic (exact) mass is 599 g/mol. The highest BCUT2D eigenvalue weighted by atomic mass is 79.9. The first-order valence-corrected chi connectivity index (χ1v) is 14.8. The molecule has 0 radical (unpaired) electrons. The second-order valence-electron chi connectivity index (χ2n) is 9.13. The van der Waals surface area contributed by atoms with E-state index < -0.39 is 28.5 Å². The molecule has 38 heavy (non-hydrogen) atoms. The van der Waals surface area contributed by atoms with Gasteiger partial charge in [0.15, 0.2) is 0 Å². The molecule has 0 unspecified atom stereocenters. The highest BCUT2D eigenvalue weighted by Gasteiger charge is 2.32. The lowest BCUT2D eigenvalue weighted by atomic mass is 10.1. The van der Waals surface area contributed by atoms with Crippen LogP contribution in [-0.4, -0.2) is 44.3 Å². The van der Waals surface area contributed by atoms with Crippen LogP contribution in [0.1, 0.15) is 37.8 Å². The van der Waals surface area contributed by atoms with Crippen LogP contribution in [0.3, 0.4) is 0 Å². The minimum atomic E-state index is -4.07. The number of carbonyl (C=O) groups is 2. The fourth-order valence-corrected chi connectivity index (χ4v) is 5.68. The molecule has 0 heterocycles. The fourth-order valence-electron chi connectivity index (χ4n) is 3.98. The molecule has 3 aromatic rings. The van der Waals surface area contributed by atoms with Gasteiger partial charge in [-0.05, 0) is 62.2 Å². The Balaban J connectivity index is 1.98. The van der Waals surface area contributed by atoms with E-state index in [1.54, 1.807) is 49.4 Å². The summed E-state index contributed by atoms with van der Waals surface area (Å²) < 4.78 is 29.3. The van der Waals surface area contributed by atoms with Gasteiger partial charge >= 0.3 is 0 Å². The minimum Gasteiger partial charge on any atom is -0.354 e. The van der Waals surface area contributed by atoms with Crippen LogP contribution in [0.2, 0.25) is 0 Å². The summed E-state index contributed by atoms with van der Waals surface area (Å²) in [5.74, 6) is -0.757. The van der Waals surface area contributed by atoms with Gasteiger partial charge in [0.1, 0.15) is 12.6 Å². The molecule has 3 aromatic carbocycles. The van der Waals surface area contributed by atoms with E-state index in [1.807, 2.05) is 38.1 Å². The first-order chi connectivity index (χ1) is 18.1. The normalized spacial score (nSPS) is 12.0. The van der Waals surface area contributed by atoms with Crippen LogP contribution >= 0.6 is 15.9 Å². The largest absolute Gasteiger partial charge is 0.354 e. The Labute approximate surface area is 234 Å². The topological polar surface area (TPSA) is 86.8 Å². The number of sulfonamides is 1. The molecule has 0 saturated carbocycles. The third-order valence-electron chi connectivity index (χ3n) is 6.16. The van der Waals surface area contributed by atoms with E-state index in [0.29, 0.717) is 12.2 Å². The molecule has 2 amide bonds. The summed E-state index contributed by atoms with van der Waals surface area (Å²) in [6.45, 7) is 5.88. The standard InChI is InChI=1S/C29H34BrN3O4S/c1-4-5-18-31-29(35)23(3)32(20-24-11-9-10-22(2)19-24)28(34)21-33(26-16-14-25(30)15-17-26)38(36,37)27-12-7-6-8-13-27/h6-17,19,23H,4-5,18,20-21H2,1-3H3,(H,31,35)/t23-/m1/s1. The predicted octanol–water partition coefficient (Wildman–Crippen LogP) is 5.29. The van der Waals surface area contributed by atoms with Gasteiger partial charge in [-0.25, -0.2) is 8.42 Å². The zero-order valence-electron chi connectivity index (χ0n) is 21.9. The molecule has 0 aliphatic rings. The molecule has 1 atom stereocenters. The number of hydrogen-bond acceptors (Lipinski definition) is 4. The van der Waals surface area contributed by atoms with Gasteiger partial charge in [-0.1, -0.05) is 77.3 Å². The van der Waals surface area contributed by atoms with Crippen LogP contribution in [-0.2, 0) is 26.2 Å². The molecule has 7 nitrogen and oxygen atoms in total. The highest BCUT2D eigenvalue weighted by molar-refractivity contribution is 9.10. The predicted molar refractivity (Wildman–Crippen MR) is 154 cm³/mol. The highest BCUT2D eigenvalue weighted by Crippen LogP contribution is 2.26. The zero-order valence-corrected chi connectivity index (χ0v) is 24.3. The van der Waals surface area contributed by atoms with Crippen molar-refractivity contribution in [2.75, 3.05) is 17.4 Å². The second-order valence-corrected chi connectivity index (χ2v) is 11.9. The molecule has 0 fully saturated rings. The maximum atomic E-state index is 13.9. The Morgan fingerprint density at radius 1 is 0.974 bits per heavy atom. The molecule has 0 saturated heterocycles. The van der Waals surface area contributed by atoms with Gasteiger partial charge in [0.05, 0.1) is 10.6 Å². The van der Waals surface area contributed by atoms with Gasteiger partial charge in [-0.2, -0.15) is 0 Å². The summed E-state index contributed by atoms with van der Waals surface area (Å²) in [4.78, 5) is 28.4. The molecule has 0 aliphatic carbocycles. The Morgan fingerprint density at radius 3 is 2.29 bits per heavy atom. The zero-order chi connectivity index (χ0) is 27.7. The van der Waals surface area contributed by atoms with E-state index in [1.165, 1.54) is 17.0 Å². The molecule has 0 aliphatic heterocycles. The van der Waals surface area contributed by atoms with E-state index >= 15 is 0 Å². The van der Waals surface area contributed by atoms with Crippen LogP contribution in [0.15, 0.2) is 88.2 Å². The van der Waals surface area contributed by atoms with Crippen molar-refractivity contribution >= 4 is 43.5 Å². The third-order valence-corrected chi connectivity index (χ3v) is 8.47. The number of rotatable bonds is 12. The van der Waals surface area contributed by atoms with Crippen molar-refractivity contribution < 1.29 is 18.0 Å². The number of anilines is 1. The number of halogens is 1. The lowest BCUT2D eigenvalue weighted by Crippen LogP contribution is -2.51. The molecule has 0 aromatic heterocycles. The Bertz CT molecular complexity index is 1330. The first-order valence-electron chi connectivity index (χ1n) is 12.6. The molecule has 0 spiro atoms. The maximum Gasteiger partial charge on any atom is 0.264 e. The van der Waals surface area contributed by atoms with Gasteiger partial charge in [-0.15, -0.1) is 0 Å². The van der Waals surface area contributed by atoms with Crippen LogP contribution in [0.25, 0.3) is 0 Å². The number of benzene rings is 3. The number of unbranched alkanes of at least 4 members (excludes halogenated alkanes) is 1. The van der Waals surface area contributed by atoms with Crippen LogP contribution in [0.5, 0.6) is 0 Å². The smallest absolute Gasteiger partial charge is 0.264 e. The summed E-state index contributed by atoms with van der Waals surface area (Å²) in [7, 11) is -4.07. The van der Waals surface area contributed by atoms with E-state index in [4.69, 9.17) is 0 Å². The average Bonchev–Trinajstić information content (AvgIpc) is 2.91. The van der Waals surface area contributed by atoms with Crippen LogP contribution in [0.4, 0.5) is 5.69 Å². The van der Waals surface area contributed by atoms with Crippen molar-refractivity contribution in [1.82, 2.24) is 10.2 Å². The molecule has 0 bridgehead atoms. The number of nitrogens with one attached hydrogen (secondary N) is 1. The van der Waals surface area contributed by atoms with E-state index in [9.17, 15) is 18.0 Å². The molecule has 9 heteroatoms. The first kappa shape index (κ1) is 29.4. The van der Waals surface area contributed by atoms with E-state index in [2.05, 4.69) is 21.2 Å². The van der Waals surface area contributed by atoms with Gasteiger partial charge in [-0.3, -0.25) is 13.9 Å². The Hall–Kier alpha value is -3.17. The number of aryl methyl sites for hydroxylation is 1. The lowest BCUT2D eigenvalue weighted by Gasteiger charge is -2.32. The van der Waals surface area contributed by atoms with Crippen LogP contribution < -0.4 is 9.62 Å². The average molecular weight is 601 g/mol. The van der Waals surface area contributed by atoms with Crippen LogP contribution in [0, 0.1) is 6.92 Å². The molecule has 3 rings (SSSR count). The SMILES string of the molecule is CCCCNC(=O)[C@@H](C)N(Cc1cccc(C)c1)C(=O)CN(c1ccc(Br)cc1)S(=O)(=O)c1ccccc1. The summed E-state index contributed by atoms with van der Waals surface area (Å²) >= 11 is 3.38. The van der Waals surface area contributed by atoms with Gasteiger partial charge < -0.3 is 10.2 Å². The molecular formula is C29H34BrN3O4S. The van der Waals surface area contributed by atoms with Crippen molar-refractivity contribution in [3.8, 4) is 0 Å². The number of carbonyl (C=O) groups excluding carboxylic acids is 2. The van der Waals surface area contributed by atoms with Crippen molar-refractivity contribution in [3.63, 3.8) is 0 Å².